The number of methoxy groups -OCH3 is 1. The molecule has 34 heavy (non-hydrogen) atoms. The molecule has 10 heteroatoms. The molecule has 3 rings (SSSR count). The summed E-state index contributed by atoms with van der Waals surface area (Å²) in [7, 11) is 4.96. The van der Waals surface area contributed by atoms with Gasteiger partial charge in [-0.25, -0.2) is 9.97 Å². The van der Waals surface area contributed by atoms with Crippen molar-refractivity contribution in [3.63, 3.8) is 0 Å². The number of amides is 1. The van der Waals surface area contributed by atoms with Crippen LogP contribution in [-0.4, -0.2) is 52.7 Å². The van der Waals surface area contributed by atoms with Crippen LogP contribution in [0.25, 0.3) is 11.1 Å². The van der Waals surface area contributed by atoms with Crippen molar-refractivity contribution in [2.75, 3.05) is 32.3 Å². The van der Waals surface area contributed by atoms with Crippen molar-refractivity contribution in [1.82, 2.24) is 19.9 Å². The van der Waals surface area contributed by atoms with Crippen LogP contribution in [-0.2, 0) is 0 Å². The summed E-state index contributed by atoms with van der Waals surface area (Å²) in [5.74, 6) is 1.21. The summed E-state index contributed by atoms with van der Waals surface area (Å²) in [5.41, 5.74) is 10.6. The zero-order valence-corrected chi connectivity index (χ0v) is 20.9. The van der Waals surface area contributed by atoms with Crippen molar-refractivity contribution >= 4 is 34.9 Å². The first-order chi connectivity index (χ1) is 16.1. The van der Waals surface area contributed by atoms with Gasteiger partial charge in [-0.05, 0) is 43.2 Å². The van der Waals surface area contributed by atoms with Gasteiger partial charge in [0.1, 0.15) is 35.0 Å². The van der Waals surface area contributed by atoms with E-state index < -0.39 is 0 Å². The van der Waals surface area contributed by atoms with Crippen LogP contribution in [0.3, 0.4) is 0 Å². The van der Waals surface area contributed by atoms with Gasteiger partial charge in [0, 0.05) is 43.4 Å². The molecule has 1 aromatic carbocycles. The highest BCUT2D eigenvalue weighted by atomic mass is 35.5. The standard InChI is InChI=1S/C24H28ClN7O2/c1-12-17(25)10-16(14(3)31-23-20(13(2)26)22(27)29-11-30-23)21(34-6)19(12)15-7-8-28-18(9-15)24(33)32(4)5/h7-11,14,26H,1-6H3,(H3,27,29,30,31)/p+1. The molecule has 0 aliphatic heterocycles. The Morgan fingerprint density at radius 1 is 1.26 bits per heavy atom. The second-order valence-electron chi connectivity index (χ2n) is 8.14. The lowest BCUT2D eigenvalue weighted by Gasteiger charge is -2.23. The minimum absolute atomic E-state index is 0.196. The largest absolute Gasteiger partial charge is 0.496 e. The summed E-state index contributed by atoms with van der Waals surface area (Å²) in [6, 6.07) is 5.13. The number of pyridine rings is 1. The molecule has 0 fully saturated rings. The fourth-order valence-electron chi connectivity index (χ4n) is 3.75. The van der Waals surface area contributed by atoms with Crippen LogP contribution < -0.4 is 21.2 Å². The van der Waals surface area contributed by atoms with Gasteiger partial charge in [-0.1, -0.05) is 11.6 Å². The van der Waals surface area contributed by atoms with E-state index in [4.69, 9.17) is 27.5 Å². The Labute approximate surface area is 203 Å². The minimum Gasteiger partial charge on any atom is -0.496 e. The number of nitrogens with one attached hydrogen (secondary N) is 1. The van der Waals surface area contributed by atoms with E-state index in [2.05, 4.69) is 20.3 Å². The summed E-state index contributed by atoms with van der Waals surface area (Å²) >= 11 is 6.66. The zero-order valence-electron chi connectivity index (χ0n) is 20.1. The first-order valence-corrected chi connectivity index (χ1v) is 11.0. The third kappa shape index (κ3) is 4.79. The molecular weight excluding hydrogens is 454 g/mol. The molecule has 0 saturated heterocycles. The number of carbonyl (C=O) groups excluding carboxylic acids is 1. The maximum Gasteiger partial charge on any atom is 0.271 e. The highest BCUT2D eigenvalue weighted by molar-refractivity contribution is 6.32. The van der Waals surface area contributed by atoms with E-state index in [1.165, 1.54) is 11.2 Å². The highest BCUT2D eigenvalue weighted by Crippen LogP contribution is 2.43. The normalized spacial score (nSPS) is 11.6. The van der Waals surface area contributed by atoms with E-state index >= 15 is 0 Å². The Hall–Kier alpha value is -3.72. The molecule has 2 heterocycles. The first-order valence-electron chi connectivity index (χ1n) is 10.6. The summed E-state index contributed by atoms with van der Waals surface area (Å²) in [6.45, 7) is 5.60. The number of nitrogens with zero attached hydrogens (tertiary/aromatic N) is 4. The van der Waals surface area contributed by atoms with Crippen molar-refractivity contribution < 1.29 is 14.9 Å². The van der Waals surface area contributed by atoms with Crippen molar-refractivity contribution in [2.24, 2.45) is 0 Å². The number of benzene rings is 1. The molecule has 3 aromatic rings. The lowest BCUT2D eigenvalue weighted by atomic mass is 9.93. The number of halogens is 1. The van der Waals surface area contributed by atoms with Gasteiger partial charge >= 0.3 is 0 Å². The predicted molar refractivity (Wildman–Crippen MR) is 134 cm³/mol. The molecular formula is C24H29ClN7O2+. The topological polar surface area (TPSA) is 132 Å². The Morgan fingerprint density at radius 3 is 2.59 bits per heavy atom. The van der Waals surface area contributed by atoms with Crippen molar-refractivity contribution in [3.8, 4) is 16.9 Å². The maximum atomic E-state index is 12.5. The Bertz CT molecular complexity index is 1260. The predicted octanol–water partition coefficient (Wildman–Crippen LogP) is 2.53. The minimum atomic E-state index is -0.288. The number of carbonyl (C=O) groups is 1. The second kappa shape index (κ2) is 10.0. The molecule has 0 radical (unpaired) electrons. The summed E-state index contributed by atoms with van der Waals surface area (Å²) in [4.78, 5) is 26.5. The van der Waals surface area contributed by atoms with Gasteiger partial charge in [-0.2, -0.15) is 0 Å². The third-order valence-electron chi connectivity index (χ3n) is 5.47. The Kier molecular flexibility index (Phi) is 7.36. The van der Waals surface area contributed by atoms with Crippen LogP contribution >= 0.6 is 11.6 Å². The number of aromatic nitrogens is 3. The van der Waals surface area contributed by atoms with E-state index in [-0.39, 0.29) is 17.8 Å². The fourth-order valence-corrected chi connectivity index (χ4v) is 3.96. The first kappa shape index (κ1) is 24.9. The maximum absolute atomic E-state index is 12.5. The molecule has 0 aliphatic carbocycles. The van der Waals surface area contributed by atoms with E-state index in [1.54, 1.807) is 40.4 Å². The van der Waals surface area contributed by atoms with Crippen LogP contribution in [0.5, 0.6) is 5.75 Å². The molecule has 9 nitrogen and oxygen atoms in total. The average Bonchev–Trinajstić information content (AvgIpc) is 2.79. The Morgan fingerprint density at radius 2 is 1.97 bits per heavy atom. The number of rotatable bonds is 7. The molecule has 0 spiro atoms. The molecule has 2 aromatic heterocycles. The number of anilines is 2. The quantitative estimate of drug-likeness (QED) is 0.441. The number of hydrogen-bond acceptors (Lipinski definition) is 7. The molecule has 1 unspecified atom stereocenters. The lowest BCUT2D eigenvalue weighted by molar-refractivity contribution is -0.113. The van der Waals surface area contributed by atoms with Gasteiger partial charge in [-0.15, -0.1) is 0 Å². The summed E-state index contributed by atoms with van der Waals surface area (Å²) < 4.78 is 5.87. The van der Waals surface area contributed by atoms with Gasteiger partial charge < -0.3 is 20.7 Å². The van der Waals surface area contributed by atoms with Gasteiger partial charge in [0.15, 0.2) is 5.71 Å². The summed E-state index contributed by atoms with van der Waals surface area (Å²) in [6.07, 6.45) is 2.98. The van der Waals surface area contributed by atoms with Crippen LogP contribution in [0.2, 0.25) is 5.02 Å². The van der Waals surface area contributed by atoms with Gasteiger partial charge in [0.25, 0.3) is 5.91 Å². The van der Waals surface area contributed by atoms with E-state index in [0.29, 0.717) is 33.6 Å². The van der Waals surface area contributed by atoms with Gasteiger partial charge in [0.05, 0.1) is 13.2 Å². The number of hydrogen-bond donors (Lipinski definition) is 3. The molecule has 0 aliphatic rings. The SMILES string of the molecule is COc1c(C(C)Nc2ncnc(N)c2C(C)=[NH2+])cc(Cl)c(C)c1-c1ccnc(C(=O)N(C)C)c1. The molecule has 1 atom stereocenters. The number of nitrogens with two attached hydrogens (primary N) is 2. The van der Waals surface area contributed by atoms with Crippen molar-refractivity contribution in [3.05, 3.63) is 58.1 Å². The zero-order chi connectivity index (χ0) is 25.2. The number of nitrogen functional groups attached to an aromatic ring is 1. The number of ether oxygens (including phenoxy) is 1. The van der Waals surface area contributed by atoms with Crippen molar-refractivity contribution in [2.45, 2.75) is 26.8 Å². The fraction of sp³-hybridized carbons (Fsp3) is 0.292. The molecule has 5 N–H and O–H groups in total. The smallest absolute Gasteiger partial charge is 0.271 e. The third-order valence-corrected chi connectivity index (χ3v) is 5.87. The lowest BCUT2D eigenvalue weighted by Crippen LogP contribution is -2.39. The highest BCUT2D eigenvalue weighted by Gasteiger charge is 2.24. The van der Waals surface area contributed by atoms with Gasteiger partial charge in [0.2, 0.25) is 0 Å². The average molecular weight is 483 g/mol. The van der Waals surface area contributed by atoms with Gasteiger partial charge in [-0.3, -0.25) is 15.2 Å². The van der Waals surface area contributed by atoms with Crippen LogP contribution in [0.4, 0.5) is 11.6 Å². The van der Waals surface area contributed by atoms with Crippen LogP contribution in [0.15, 0.2) is 30.7 Å². The monoisotopic (exact) mass is 482 g/mol. The molecule has 1 amide bonds. The molecule has 0 saturated carbocycles. The van der Waals surface area contributed by atoms with Crippen molar-refractivity contribution in [1.29, 1.82) is 0 Å². The van der Waals surface area contributed by atoms with E-state index in [1.807, 2.05) is 26.0 Å². The summed E-state index contributed by atoms with van der Waals surface area (Å²) in [5, 5.41) is 9.93. The second-order valence-corrected chi connectivity index (χ2v) is 8.55. The van der Waals surface area contributed by atoms with E-state index in [0.717, 1.165) is 22.3 Å². The van der Waals surface area contributed by atoms with Crippen LogP contribution in [0.1, 0.15) is 47.1 Å². The van der Waals surface area contributed by atoms with E-state index in [9.17, 15) is 4.79 Å². The van der Waals surface area contributed by atoms with Crippen LogP contribution in [0, 0.1) is 6.92 Å². The molecule has 0 bridgehead atoms. The Balaban J connectivity index is 2.14. The molecule has 178 valence electrons.